The van der Waals surface area contributed by atoms with E-state index in [2.05, 4.69) is 5.32 Å². The molecule has 1 aromatic rings. The van der Waals surface area contributed by atoms with Crippen molar-refractivity contribution in [1.29, 1.82) is 0 Å². The van der Waals surface area contributed by atoms with Crippen LogP contribution in [-0.2, 0) is 4.79 Å². The molecule has 0 saturated carbocycles. The van der Waals surface area contributed by atoms with Gasteiger partial charge in [-0.25, -0.2) is 0 Å². The van der Waals surface area contributed by atoms with Crippen molar-refractivity contribution in [1.82, 2.24) is 10.2 Å². The smallest absolute Gasteiger partial charge is 0.236 e. The average Bonchev–Trinajstić information content (AvgIpc) is 3.06. The molecule has 0 radical (unpaired) electrons. The van der Waals surface area contributed by atoms with Crippen LogP contribution in [0.15, 0.2) is 18.2 Å². The Hall–Kier alpha value is -1.75. The molecule has 0 spiro atoms. The summed E-state index contributed by atoms with van der Waals surface area (Å²) in [6, 6.07) is 5.89. The number of amides is 1. The van der Waals surface area contributed by atoms with Gasteiger partial charge in [0.05, 0.1) is 20.8 Å². The third-order valence-electron chi connectivity index (χ3n) is 3.93. The van der Waals surface area contributed by atoms with Crippen molar-refractivity contribution in [2.45, 2.75) is 25.8 Å². The molecule has 1 aliphatic rings. The Morgan fingerprint density at radius 1 is 1.24 bits per heavy atom. The van der Waals surface area contributed by atoms with E-state index in [1.54, 1.807) is 14.2 Å². The zero-order valence-corrected chi connectivity index (χ0v) is 13.0. The van der Waals surface area contributed by atoms with Gasteiger partial charge in [0.1, 0.15) is 0 Å². The van der Waals surface area contributed by atoms with Crippen LogP contribution in [0.1, 0.15) is 31.4 Å². The number of rotatable bonds is 6. The van der Waals surface area contributed by atoms with Gasteiger partial charge in [0.2, 0.25) is 5.91 Å². The quantitative estimate of drug-likeness (QED) is 0.871. The van der Waals surface area contributed by atoms with Crippen molar-refractivity contribution in [3.8, 4) is 11.5 Å². The molecule has 1 fully saturated rings. The van der Waals surface area contributed by atoms with E-state index in [0.717, 1.165) is 31.5 Å². The minimum absolute atomic E-state index is 0.0800. The van der Waals surface area contributed by atoms with Crippen LogP contribution < -0.4 is 14.8 Å². The molecular formula is C16H24N2O3. The molecule has 1 amide bonds. The van der Waals surface area contributed by atoms with Gasteiger partial charge in [0.15, 0.2) is 11.5 Å². The Bertz CT molecular complexity index is 484. The van der Waals surface area contributed by atoms with E-state index < -0.39 is 0 Å². The number of likely N-dealkylation sites (tertiary alicyclic amines) is 1. The molecule has 1 heterocycles. The Labute approximate surface area is 126 Å². The van der Waals surface area contributed by atoms with Crippen LogP contribution in [0.3, 0.4) is 0 Å². The summed E-state index contributed by atoms with van der Waals surface area (Å²) in [6.07, 6.45) is 2.24. The van der Waals surface area contributed by atoms with Gasteiger partial charge < -0.3 is 19.7 Å². The van der Waals surface area contributed by atoms with Gasteiger partial charge >= 0.3 is 0 Å². The summed E-state index contributed by atoms with van der Waals surface area (Å²) in [4.78, 5) is 13.9. The highest BCUT2D eigenvalue weighted by Crippen LogP contribution is 2.29. The number of nitrogens with one attached hydrogen (secondary N) is 1. The average molecular weight is 292 g/mol. The first kappa shape index (κ1) is 15.6. The van der Waals surface area contributed by atoms with E-state index in [9.17, 15) is 4.79 Å². The van der Waals surface area contributed by atoms with E-state index in [1.165, 1.54) is 0 Å². The molecule has 5 heteroatoms. The van der Waals surface area contributed by atoms with Gasteiger partial charge in [0.25, 0.3) is 0 Å². The molecule has 1 unspecified atom stereocenters. The lowest BCUT2D eigenvalue weighted by Crippen LogP contribution is -2.37. The van der Waals surface area contributed by atoms with E-state index in [0.29, 0.717) is 18.0 Å². The van der Waals surface area contributed by atoms with Crippen LogP contribution in [0, 0.1) is 0 Å². The number of benzene rings is 1. The lowest BCUT2D eigenvalue weighted by Gasteiger charge is -2.19. The van der Waals surface area contributed by atoms with Gasteiger partial charge in [-0.1, -0.05) is 6.07 Å². The fourth-order valence-electron chi connectivity index (χ4n) is 2.56. The summed E-state index contributed by atoms with van der Waals surface area (Å²) in [5, 5.41) is 3.28. The highest BCUT2D eigenvalue weighted by atomic mass is 16.5. The van der Waals surface area contributed by atoms with Crippen molar-refractivity contribution in [2.75, 3.05) is 33.9 Å². The van der Waals surface area contributed by atoms with Crippen LogP contribution in [0.25, 0.3) is 0 Å². The highest BCUT2D eigenvalue weighted by Gasteiger charge is 2.18. The first-order valence-corrected chi connectivity index (χ1v) is 7.38. The van der Waals surface area contributed by atoms with Crippen molar-refractivity contribution in [2.24, 2.45) is 0 Å². The van der Waals surface area contributed by atoms with E-state index in [1.807, 2.05) is 30.0 Å². The molecule has 1 N–H and O–H groups in total. The number of methoxy groups -OCH3 is 2. The summed E-state index contributed by atoms with van der Waals surface area (Å²) in [5.74, 6) is 1.59. The molecule has 5 nitrogen and oxygen atoms in total. The SMILES string of the molecule is COc1ccc(C(C)NCC(=O)N2CCCC2)cc1OC. The molecule has 0 aliphatic carbocycles. The van der Waals surface area contributed by atoms with Gasteiger partial charge in [-0.3, -0.25) is 4.79 Å². The lowest BCUT2D eigenvalue weighted by molar-refractivity contribution is -0.129. The molecule has 0 aromatic heterocycles. The maximum Gasteiger partial charge on any atom is 0.236 e. The maximum absolute atomic E-state index is 12.0. The minimum atomic E-state index is 0.0800. The molecule has 1 aliphatic heterocycles. The Kier molecular flexibility index (Phi) is 5.44. The van der Waals surface area contributed by atoms with E-state index in [-0.39, 0.29) is 11.9 Å². The zero-order valence-electron chi connectivity index (χ0n) is 13.0. The van der Waals surface area contributed by atoms with Gasteiger partial charge in [-0.05, 0) is 37.5 Å². The lowest BCUT2D eigenvalue weighted by atomic mass is 10.1. The Morgan fingerprint density at radius 2 is 1.90 bits per heavy atom. The fraction of sp³-hybridized carbons (Fsp3) is 0.562. The van der Waals surface area contributed by atoms with Crippen molar-refractivity contribution in [3.05, 3.63) is 23.8 Å². The number of hydrogen-bond acceptors (Lipinski definition) is 4. The van der Waals surface area contributed by atoms with E-state index in [4.69, 9.17) is 9.47 Å². The molecule has 1 aromatic carbocycles. The molecule has 116 valence electrons. The minimum Gasteiger partial charge on any atom is -0.493 e. The third-order valence-corrected chi connectivity index (χ3v) is 3.93. The highest BCUT2D eigenvalue weighted by molar-refractivity contribution is 5.78. The van der Waals surface area contributed by atoms with Gasteiger partial charge in [-0.15, -0.1) is 0 Å². The van der Waals surface area contributed by atoms with Crippen LogP contribution >= 0.6 is 0 Å². The summed E-state index contributed by atoms with van der Waals surface area (Å²) in [7, 11) is 3.24. The van der Waals surface area contributed by atoms with Gasteiger partial charge in [-0.2, -0.15) is 0 Å². The molecule has 2 rings (SSSR count). The predicted molar refractivity (Wildman–Crippen MR) is 81.8 cm³/mol. The Balaban J connectivity index is 1.93. The second-order valence-corrected chi connectivity index (χ2v) is 5.30. The number of carbonyl (C=O) groups excluding carboxylic acids is 1. The molecule has 1 saturated heterocycles. The summed E-state index contributed by atoms with van der Waals surface area (Å²) >= 11 is 0. The number of hydrogen-bond donors (Lipinski definition) is 1. The maximum atomic E-state index is 12.0. The van der Waals surface area contributed by atoms with Crippen molar-refractivity contribution >= 4 is 5.91 Å². The monoisotopic (exact) mass is 292 g/mol. The standard InChI is InChI=1S/C16H24N2O3/c1-12(17-11-16(19)18-8-4-5-9-18)13-6-7-14(20-2)15(10-13)21-3/h6-7,10,12,17H,4-5,8-9,11H2,1-3H3. The van der Waals surface area contributed by atoms with Crippen molar-refractivity contribution < 1.29 is 14.3 Å². The molecular weight excluding hydrogens is 268 g/mol. The second-order valence-electron chi connectivity index (χ2n) is 5.30. The summed E-state index contributed by atoms with van der Waals surface area (Å²) in [5.41, 5.74) is 1.07. The number of carbonyl (C=O) groups is 1. The molecule has 21 heavy (non-hydrogen) atoms. The summed E-state index contributed by atoms with van der Waals surface area (Å²) < 4.78 is 10.5. The largest absolute Gasteiger partial charge is 0.493 e. The number of ether oxygens (including phenoxy) is 2. The second kappa shape index (κ2) is 7.31. The first-order valence-electron chi connectivity index (χ1n) is 7.38. The van der Waals surface area contributed by atoms with Gasteiger partial charge in [0, 0.05) is 19.1 Å². The Morgan fingerprint density at radius 3 is 2.52 bits per heavy atom. The number of nitrogens with zero attached hydrogens (tertiary/aromatic N) is 1. The molecule has 0 bridgehead atoms. The first-order chi connectivity index (χ1) is 10.2. The topological polar surface area (TPSA) is 50.8 Å². The van der Waals surface area contributed by atoms with Crippen molar-refractivity contribution in [3.63, 3.8) is 0 Å². The third kappa shape index (κ3) is 3.88. The van der Waals surface area contributed by atoms with Crippen LogP contribution in [0.4, 0.5) is 0 Å². The fourth-order valence-corrected chi connectivity index (χ4v) is 2.56. The zero-order chi connectivity index (χ0) is 15.2. The van der Waals surface area contributed by atoms with Crippen LogP contribution in [-0.4, -0.2) is 44.7 Å². The van der Waals surface area contributed by atoms with Crippen LogP contribution in [0.5, 0.6) is 11.5 Å². The summed E-state index contributed by atoms with van der Waals surface area (Å²) in [6.45, 7) is 4.20. The predicted octanol–water partition coefficient (Wildman–Crippen LogP) is 1.98. The normalized spacial score (nSPS) is 15.9. The van der Waals surface area contributed by atoms with E-state index >= 15 is 0 Å². The van der Waals surface area contributed by atoms with Crippen LogP contribution in [0.2, 0.25) is 0 Å². The molecule has 1 atom stereocenters.